The number of hydrogen-bond donors (Lipinski definition) is 3. The summed E-state index contributed by atoms with van der Waals surface area (Å²) in [5, 5.41) is 8.57. The van der Waals surface area contributed by atoms with Crippen LogP contribution in [0.25, 0.3) is 0 Å². The van der Waals surface area contributed by atoms with Crippen LogP contribution >= 0.6 is 0 Å². The van der Waals surface area contributed by atoms with E-state index in [1.165, 1.54) is 16.8 Å². The molecule has 3 atom stereocenters. The van der Waals surface area contributed by atoms with Crippen LogP contribution in [0.5, 0.6) is 5.75 Å². The number of para-hydroxylation sites is 1. The van der Waals surface area contributed by atoms with Gasteiger partial charge in [-0.2, -0.15) is 0 Å². The van der Waals surface area contributed by atoms with Gasteiger partial charge in [-0.25, -0.2) is 0 Å². The third kappa shape index (κ3) is 8.93. The molecule has 0 unspecified atom stereocenters. The molecular weight excluding hydrogens is 600 g/mol. The number of ether oxygens (including phenoxy) is 1. The Morgan fingerprint density at radius 3 is 2.49 bits per heavy atom. The average molecular weight is 641 g/mol. The van der Waals surface area contributed by atoms with Crippen LogP contribution in [0, 0.1) is 0 Å². The molecule has 5 rings (SSSR count). The van der Waals surface area contributed by atoms with E-state index in [1.807, 2.05) is 42.5 Å². The number of fused-ring (bicyclic) bond motifs is 2. The Balaban J connectivity index is 1.41. The molecule has 0 spiro atoms. The maximum atomic E-state index is 13.7. The Morgan fingerprint density at radius 2 is 1.70 bits per heavy atom. The lowest BCUT2D eigenvalue weighted by Gasteiger charge is -2.29. The van der Waals surface area contributed by atoms with E-state index in [0.29, 0.717) is 32.2 Å². The van der Waals surface area contributed by atoms with E-state index in [1.54, 1.807) is 36.7 Å². The lowest BCUT2D eigenvalue weighted by molar-refractivity contribution is -0.145. The van der Waals surface area contributed by atoms with E-state index < -0.39 is 35.8 Å². The summed E-state index contributed by atoms with van der Waals surface area (Å²) in [5.74, 6) is -2.03. The van der Waals surface area contributed by atoms with Gasteiger partial charge in [-0.05, 0) is 61.1 Å². The number of nitrogens with one attached hydrogen (secondary N) is 3. The Hall–Kier alpha value is -5.26. The lowest BCUT2D eigenvalue weighted by Crippen LogP contribution is -2.53. The lowest BCUT2D eigenvalue weighted by atomic mass is 10.1. The number of pyridine rings is 1. The van der Waals surface area contributed by atoms with Gasteiger partial charge in [0.05, 0.1) is 24.6 Å². The summed E-state index contributed by atoms with van der Waals surface area (Å²) < 4.78 is 6.12. The van der Waals surface area contributed by atoms with Gasteiger partial charge in [-0.15, -0.1) is 0 Å². The van der Waals surface area contributed by atoms with Crippen LogP contribution in [-0.4, -0.2) is 95.7 Å². The summed E-state index contributed by atoms with van der Waals surface area (Å²) in [7, 11) is 1.54. The summed E-state index contributed by atoms with van der Waals surface area (Å²) in [6.45, 7) is 0.441. The standard InChI is InChI=1S/C35H40N6O6/c1-40-22-31(42)38-26(20-25-8-3-2-4-9-25)23-47-30-12-6-5-10-27(30)33(44)39-28(21-32(43)41-19-7-11-29(41)35(40)46)34(45)37-18-15-24-13-16-36-17-14-24/h2-6,8-10,12-14,16-17,26,28-29H,7,11,15,18-23H2,1H3,(H,37,45)(H,38,42)(H,39,44)/t26-,28+,29+/m1/s1. The van der Waals surface area contributed by atoms with Crippen molar-refractivity contribution in [1.82, 2.24) is 30.7 Å². The van der Waals surface area contributed by atoms with Crippen molar-refractivity contribution in [3.63, 3.8) is 0 Å². The second-order valence-electron chi connectivity index (χ2n) is 11.8. The fourth-order valence-electron chi connectivity index (χ4n) is 5.90. The molecule has 1 aromatic heterocycles. The van der Waals surface area contributed by atoms with Gasteiger partial charge in [0.15, 0.2) is 0 Å². The number of likely N-dealkylation sites (N-methyl/N-ethyl adjacent to an activating group) is 1. The SMILES string of the molecule is CN1CC(=O)N[C@H](Cc2ccccc2)COc2ccccc2C(=O)N[C@H](C(=O)NCCc2ccncc2)CC(=O)N2CCC[C@H]2C1=O. The van der Waals surface area contributed by atoms with Crippen molar-refractivity contribution in [3.05, 3.63) is 95.8 Å². The maximum absolute atomic E-state index is 13.7. The van der Waals surface area contributed by atoms with Gasteiger partial charge in [-0.1, -0.05) is 42.5 Å². The number of benzene rings is 2. The molecule has 0 radical (unpaired) electrons. The number of amides is 5. The maximum Gasteiger partial charge on any atom is 0.255 e. The molecule has 1 fully saturated rings. The van der Waals surface area contributed by atoms with Crippen LogP contribution in [-0.2, 0) is 32.0 Å². The molecule has 3 aromatic rings. The van der Waals surface area contributed by atoms with Crippen molar-refractivity contribution >= 4 is 29.5 Å². The fraction of sp³-hybridized carbons (Fsp3) is 0.371. The van der Waals surface area contributed by atoms with E-state index >= 15 is 0 Å². The molecule has 2 aliphatic rings. The molecule has 12 nitrogen and oxygen atoms in total. The first kappa shape index (κ1) is 33.1. The predicted octanol–water partition coefficient (Wildman–Crippen LogP) is 1.50. The van der Waals surface area contributed by atoms with Crippen molar-refractivity contribution in [2.75, 3.05) is 33.3 Å². The largest absolute Gasteiger partial charge is 0.491 e. The van der Waals surface area contributed by atoms with Gasteiger partial charge in [0.25, 0.3) is 5.91 Å². The zero-order valence-electron chi connectivity index (χ0n) is 26.4. The van der Waals surface area contributed by atoms with Gasteiger partial charge >= 0.3 is 0 Å². The number of nitrogens with zero attached hydrogens (tertiary/aromatic N) is 3. The third-order valence-electron chi connectivity index (χ3n) is 8.34. The highest BCUT2D eigenvalue weighted by Gasteiger charge is 2.38. The molecule has 12 heteroatoms. The summed E-state index contributed by atoms with van der Waals surface area (Å²) >= 11 is 0. The minimum atomic E-state index is -1.21. The zero-order valence-corrected chi connectivity index (χ0v) is 26.4. The van der Waals surface area contributed by atoms with Crippen molar-refractivity contribution in [2.45, 2.75) is 50.2 Å². The molecule has 5 amide bonds. The fourth-order valence-corrected chi connectivity index (χ4v) is 5.90. The zero-order chi connectivity index (χ0) is 33.2. The molecular formula is C35H40N6O6. The van der Waals surface area contributed by atoms with E-state index in [2.05, 4.69) is 20.9 Å². The highest BCUT2D eigenvalue weighted by Crippen LogP contribution is 2.22. The Morgan fingerprint density at radius 1 is 0.957 bits per heavy atom. The molecule has 2 aliphatic heterocycles. The Kier molecular flexibility index (Phi) is 11.2. The normalized spacial score (nSPS) is 21.1. The van der Waals surface area contributed by atoms with Crippen LogP contribution in [0.2, 0.25) is 0 Å². The summed E-state index contributed by atoms with van der Waals surface area (Å²) in [6.07, 6.45) is 5.01. The van der Waals surface area contributed by atoms with Crippen LogP contribution in [0.3, 0.4) is 0 Å². The van der Waals surface area contributed by atoms with E-state index in [4.69, 9.17) is 4.74 Å². The number of aromatic nitrogens is 1. The summed E-state index contributed by atoms with van der Waals surface area (Å²) in [6, 6.07) is 17.4. The number of carbonyl (C=O) groups is 5. The average Bonchev–Trinajstić information content (AvgIpc) is 3.57. The number of carbonyl (C=O) groups excluding carboxylic acids is 5. The molecule has 1 saturated heterocycles. The van der Waals surface area contributed by atoms with E-state index in [9.17, 15) is 24.0 Å². The molecule has 0 aliphatic carbocycles. The first-order valence-electron chi connectivity index (χ1n) is 15.9. The topological polar surface area (TPSA) is 150 Å². The van der Waals surface area contributed by atoms with Crippen LogP contribution < -0.4 is 20.7 Å². The first-order valence-corrected chi connectivity index (χ1v) is 15.9. The van der Waals surface area contributed by atoms with Crippen LogP contribution in [0.4, 0.5) is 0 Å². The van der Waals surface area contributed by atoms with Gasteiger partial charge in [0, 0.05) is 32.5 Å². The smallest absolute Gasteiger partial charge is 0.255 e. The minimum absolute atomic E-state index is 0.0381. The summed E-state index contributed by atoms with van der Waals surface area (Å²) in [5.41, 5.74) is 2.12. The van der Waals surface area contributed by atoms with Crippen LogP contribution in [0.1, 0.15) is 40.7 Å². The van der Waals surface area contributed by atoms with Gasteiger partial charge in [-0.3, -0.25) is 29.0 Å². The van der Waals surface area contributed by atoms with Crippen molar-refractivity contribution < 1.29 is 28.7 Å². The molecule has 0 saturated carbocycles. The second kappa shape index (κ2) is 15.8. The first-order chi connectivity index (χ1) is 22.8. The third-order valence-corrected chi connectivity index (χ3v) is 8.34. The number of hydrogen-bond acceptors (Lipinski definition) is 7. The van der Waals surface area contributed by atoms with Crippen LogP contribution in [0.15, 0.2) is 79.1 Å². The van der Waals surface area contributed by atoms with E-state index in [0.717, 1.165) is 11.1 Å². The summed E-state index contributed by atoms with van der Waals surface area (Å²) in [4.78, 5) is 74.3. The quantitative estimate of drug-likeness (QED) is 0.370. The highest BCUT2D eigenvalue weighted by molar-refractivity contribution is 6.01. The number of rotatable bonds is 6. The minimum Gasteiger partial charge on any atom is -0.491 e. The van der Waals surface area contributed by atoms with E-state index in [-0.39, 0.29) is 49.2 Å². The Bertz CT molecular complexity index is 1570. The van der Waals surface area contributed by atoms with Gasteiger partial charge < -0.3 is 30.5 Å². The molecule has 3 heterocycles. The monoisotopic (exact) mass is 640 g/mol. The van der Waals surface area contributed by atoms with Crippen molar-refractivity contribution in [3.8, 4) is 5.75 Å². The highest BCUT2D eigenvalue weighted by atomic mass is 16.5. The molecule has 0 bridgehead atoms. The molecule has 2 aromatic carbocycles. The second-order valence-corrected chi connectivity index (χ2v) is 11.8. The van der Waals surface area contributed by atoms with Crippen molar-refractivity contribution in [2.24, 2.45) is 0 Å². The molecule has 246 valence electrons. The van der Waals surface area contributed by atoms with Gasteiger partial charge in [0.2, 0.25) is 23.6 Å². The molecule has 3 N–H and O–H groups in total. The Labute approximate surface area is 273 Å². The predicted molar refractivity (Wildman–Crippen MR) is 173 cm³/mol. The molecule has 47 heavy (non-hydrogen) atoms. The van der Waals surface area contributed by atoms with Gasteiger partial charge in [0.1, 0.15) is 24.4 Å². The van der Waals surface area contributed by atoms with Crippen molar-refractivity contribution in [1.29, 1.82) is 0 Å².